The Hall–Kier alpha value is -5.55. The monoisotopic (exact) mass is 571 g/mol. The summed E-state index contributed by atoms with van der Waals surface area (Å²) in [6.45, 7) is 6.24. The topological polar surface area (TPSA) is 64.5 Å². The molecule has 0 aliphatic heterocycles. The fourth-order valence-electron chi connectivity index (χ4n) is 5.19. The van der Waals surface area contributed by atoms with E-state index in [9.17, 15) is 0 Å². The molecule has 0 unspecified atom stereocenters. The van der Waals surface area contributed by atoms with Crippen molar-refractivity contribution in [2.45, 2.75) is 27.2 Å². The minimum absolute atomic E-state index is 0.588. The van der Waals surface area contributed by atoms with Gasteiger partial charge in [0.25, 0.3) is 0 Å². The Morgan fingerprint density at radius 1 is 0.591 bits per heavy atom. The summed E-state index contributed by atoms with van der Waals surface area (Å²) in [5, 5.41) is 0. The van der Waals surface area contributed by atoms with E-state index in [2.05, 4.69) is 60.5 Å². The maximum absolute atomic E-state index is 5.00. The number of hydrogen-bond donors (Lipinski definition) is 0. The average molecular weight is 572 g/mol. The quantitative estimate of drug-likeness (QED) is 0.170. The number of aromatic nitrogens is 5. The SMILES string of the molecule is C/C=C\C(=C/CC)c1cc(C)nc(-c2cc(-c3ccccn3)cc(-c3nc(-c4ccccc4)nc(-c4ccccc4)n3)c2)c1. The summed E-state index contributed by atoms with van der Waals surface area (Å²) >= 11 is 0. The molecule has 0 spiro atoms. The molecule has 6 rings (SSSR count). The van der Waals surface area contributed by atoms with Crippen LogP contribution in [0.1, 0.15) is 31.5 Å². The second-order valence-electron chi connectivity index (χ2n) is 10.5. The Bertz CT molecular complexity index is 1890. The predicted molar refractivity (Wildman–Crippen MR) is 180 cm³/mol. The molecule has 6 aromatic rings. The highest BCUT2D eigenvalue weighted by atomic mass is 15.0. The number of rotatable bonds is 8. The van der Waals surface area contributed by atoms with Crippen molar-refractivity contribution >= 4 is 5.57 Å². The van der Waals surface area contributed by atoms with Crippen molar-refractivity contribution in [2.75, 3.05) is 0 Å². The van der Waals surface area contributed by atoms with Gasteiger partial charge in [-0.3, -0.25) is 9.97 Å². The molecule has 3 heterocycles. The van der Waals surface area contributed by atoms with E-state index in [1.165, 1.54) is 5.57 Å². The number of nitrogens with zero attached hydrogens (tertiary/aromatic N) is 5. The molecule has 0 aliphatic rings. The maximum atomic E-state index is 5.00. The highest BCUT2D eigenvalue weighted by molar-refractivity contribution is 5.81. The highest BCUT2D eigenvalue weighted by Crippen LogP contribution is 2.33. The van der Waals surface area contributed by atoms with E-state index in [0.29, 0.717) is 17.5 Å². The maximum Gasteiger partial charge on any atom is 0.164 e. The van der Waals surface area contributed by atoms with Crippen LogP contribution in [0.3, 0.4) is 0 Å². The number of benzene rings is 3. The second kappa shape index (κ2) is 13.2. The standard InChI is InChI=1S/C39H33N5/c1-4-14-28(15-5-2)31-22-27(3)41-36(26-31)33-23-32(35-20-12-13-21-40-35)24-34(25-33)39-43-37(29-16-8-6-9-17-29)42-38(44-39)30-18-10-7-11-19-30/h4,6-26H,5H2,1-3H3/b14-4-,28-15+. The first-order valence-corrected chi connectivity index (χ1v) is 14.9. The minimum Gasteiger partial charge on any atom is -0.256 e. The van der Waals surface area contributed by atoms with Crippen LogP contribution in [-0.4, -0.2) is 24.9 Å². The summed E-state index contributed by atoms with van der Waals surface area (Å²) in [7, 11) is 0. The molecular weight excluding hydrogens is 538 g/mol. The van der Waals surface area contributed by atoms with Gasteiger partial charge in [0, 0.05) is 39.7 Å². The van der Waals surface area contributed by atoms with Crippen LogP contribution in [0.25, 0.3) is 62.3 Å². The van der Waals surface area contributed by atoms with Crippen LogP contribution in [-0.2, 0) is 0 Å². The molecule has 0 fully saturated rings. The largest absolute Gasteiger partial charge is 0.256 e. The van der Waals surface area contributed by atoms with Gasteiger partial charge >= 0.3 is 0 Å². The van der Waals surface area contributed by atoms with Crippen molar-refractivity contribution in [1.82, 2.24) is 24.9 Å². The van der Waals surface area contributed by atoms with Gasteiger partial charge in [0.15, 0.2) is 17.5 Å². The Morgan fingerprint density at radius 3 is 1.73 bits per heavy atom. The van der Waals surface area contributed by atoms with Gasteiger partial charge in [0.1, 0.15) is 0 Å². The lowest BCUT2D eigenvalue weighted by atomic mass is 9.97. The van der Waals surface area contributed by atoms with Crippen molar-refractivity contribution in [1.29, 1.82) is 0 Å². The zero-order chi connectivity index (χ0) is 30.3. The first-order valence-electron chi connectivity index (χ1n) is 14.9. The molecule has 5 nitrogen and oxygen atoms in total. The van der Waals surface area contributed by atoms with Gasteiger partial charge < -0.3 is 0 Å². The predicted octanol–water partition coefficient (Wildman–Crippen LogP) is 9.67. The van der Waals surface area contributed by atoms with Crippen LogP contribution in [0.5, 0.6) is 0 Å². The average Bonchev–Trinajstić information content (AvgIpc) is 3.08. The summed E-state index contributed by atoms with van der Waals surface area (Å²) in [6, 6.07) is 36.7. The Morgan fingerprint density at radius 2 is 1.16 bits per heavy atom. The third-order valence-electron chi connectivity index (χ3n) is 7.20. The molecule has 44 heavy (non-hydrogen) atoms. The second-order valence-corrected chi connectivity index (χ2v) is 10.5. The number of hydrogen-bond acceptors (Lipinski definition) is 5. The highest BCUT2D eigenvalue weighted by Gasteiger charge is 2.16. The summed E-state index contributed by atoms with van der Waals surface area (Å²) in [4.78, 5) is 24.5. The Labute approximate surface area is 258 Å². The number of pyridine rings is 2. The molecule has 0 saturated heterocycles. The van der Waals surface area contributed by atoms with Gasteiger partial charge in [0.05, 0.1) is 11.4 Å². The first-order chi connectivity index (χ1) is 21.6. The number of aryl methyl sites for hydroxylation is 1. The summed E-state index contributed by atoms with van der Waals surface area (Å²) in [5.41, 5.74) is 9.66. The van der Waals surface area contributed by atoms with Crippen LogP contribution in [0.15, 0.2) is 134 Å². The molecule has 0 atom stereocenters. The van der Waals surface area contributed by atoms with E-state index >= 15 is 0 Å². The molecule has 0 amide bonds. The van der Waals surface area contributed by atoms with Crippen molar-refractivity contribution in [2.24, 2.45) is 0 Å². The summed E-state index contributed by atoms with van der Waals surface area (Å²) < 4.78 is 0. The third-order valence-corrected chi connectivity index (χ3v) is 7.20. The van der Waals surface area contributed by atoms with Gasteiger partial charge in [-0.25, -0.2) is 15.0 Å². The van der Waals surface area contributed by atoms with E-state index in [1.807, 2.05) is 98.9 Å². The van der Waals surface area contributed by atoms with Crippen LogP contribution in [0.2, 0.25) is 0 Å². The van der Waals surface area contributed by atoms with Gasteiger partial charge in [-0.15, -0.1) is 0 Å². The summed E-state index contributed by atoms with van der Waals surface area (Å²) in [5.74, 6) is 1.83. The van der Waals surface area contributed by atoms with Crippen LogP contribution >= 0.6 is 0 Å². The lowest BCUT2D eigenvalue weighted by Crippen LogP contribution is -2.01. The molecule has 0 bridgehead atoms. The van der Waals surface area contributed by atoms with Crippen LogP contribution in [0.4, 0.5) is 0 Å². The molecule has 0 N–H and O–H groups in total. The lowest BCUT2D eigenvalue weighted by molar-refractivity contribution is 1.07. The minimum atomic E-state index is 0.588. The zero-order valence-corrected chi connectivity index (χ0v) is 25.1. The van der Waals surface area contributed by atoms with Gasteiger partial charge in [-0.2, -0.15) is 0 Å². The van der Waals surface area contributed by atoms with E-state index in [4.69, 9.17) is 19.9 Å². The molecule has 5 heteroatoms. The summed E-state index contributed by atoms with van der Waals surface area (Å²) in [6.07, 6.45) is 9.23. The van der Waals surface area contributed by atoms with E-state index in [1.54, 1.807) is 0 Å². The fourth-order valence-corrected chi connectivity index (χ4v) is 5.19. The van der Waals surface area contributed by atoms with E-state index < -0.39 is 0 Å². The normalized spacial score (nSPS) is 11.7. The van der Waals surface area contributed by atoms with Crippen molar-refractivity contribution in [3.8, 4) is 56.7 Å². The fraction of sp³-hybridized carbons (Fsp3) is 0.103. The van der Waals surface area contributed by atoms with Crippen molar-refractivity contribution in [3.63, 3.8) is 0 Å². The first kappa shape index (κ1) is 28.6. The zero-order valence-electron chi connectivity index (χ0n) is 25.1. The smallest absolute Gasteiger partial charge is 0.164 e. The van der Waals surface area contributed by atoms with Crippen molar-refractivity contribution < 1.29 is 0 Å². The van der Waals surface area contributed by atoms with Crippen molar-refractivity contribution in [3.05, 3.63) is 145 Å². The molecule has 214 valence electrons. The Kier molecular flexibility index (Phi) is 8.55. The van der Waals surface area contributed by atoms with Crippen LogP contribution in [0, 0.1) is 6.92 Å². The van der Waals surface area contributed by atoms with E-state index in [-0.39, 0.29) is 0 Å². The number of allylic oxidation sites excluding steroid dienone is 4. The third kappa shape index (κ3) is 6.42. The van der Waals surface area contributed by atoms with Gasteiger partial charge in [-0.05, 0) is 73.9 Å². The Balaban J connectivity index is 1.58. The van der Waals surface area contributed by atoms with E-state index in [0.717, 1.165) is 56.9 Å². The molecule has 3 aromatic heterocycles. The van der Waals surface area contributed by atoms with Gasteiger partial charge in [0.2, 0.25) is 0 Å². The molecular formula is C39H33N5. The molecule has 3 aromatic carbocycles. The lowest BCUT2D eigenvalue weighted by Gasteiger charge is -2.13. The van der Waals surface area contributed by atoms with Gasteiger partial charge in [-0.1, -0.05) is 91.9 Å². The molecule has 0 saturated carbocycles. The van der Waals surface area contributed by atoms with Crippen LogP contribution < -0.4 is 0 Å². The molecule has 0 radical (unpaired) electrons. The molecule has 0 aliphatic carbocycles.